The molecule has 1 aliphatic carbocycles. The number of carbonyl (C=O) groups is 1. The van der Waals surface area contributed by atoms with Crippen molar-refractivity contribution in [1.29, 1.82) is 0 Å². The molecular weight excluding hydrogens is 267 g/mol. The molecule has 0 saturated carbocycles. The van der Waals surface area contributed by atoms with E-state index < -0.39 is 0 Å². The number of Topliss-reactive ketones (excluding diaryl/α,β-unsaturated/α-hetero) is 1. The van der Waals surface area contributed by atoms with E-state index in [0.29, 0.717) is 23.1 Å². The summed E-state index contributed by atoms with van der Waals surface area (Å²) in [6, 6.07) is 4.68. The molecule has 1 aromatic carbocycles. The Balaban J connectivity index is 2.06. The first kappa shape index (κ1) is 13.7. The number of carbonyl (C=O) groups excluding carboxylic acids is 1. The van der Waals surface area contributed by atoms with Crippen molar-refractivity contribution in [2.45, 2.75) is 33.7 Å². The van der Waals surface area contributed by atoms with Crippen molar-refractivity contribution >= 4 is 11.9 Å². The van der Waals surface area contributed by atoms with E-state index in [-0.39, 0.29) is 11.6 Å². The van der Waals surface area contributed by atoms with Crippen LogP contribution >= 0.6 is 0 Å². The summed E-state index contributed by atoms with van der Waals surface area (Å²) in [5, 5.41) is 4.45. The fraction of sp³-hybridized carbons (Fsp3) is 0.294. The number of rotatable bonds is 2. The summed E-state index contributed by atoms with van der Waals surface area (Å²) in [6.07, 6.45) is 2.22. The number of halogens is 1. The van der Waals surface area contributed by atoms with E-state index >= 15 is 0 Å². The molecule has 1 heterocycles. The maximum atomic E-state index is 13.8. The van der Waals surface area contributed by atoms with E-state index in [9.17, 15) is 9.18 Å². The molecular formula is C17H17FN2O. The number of nitrogens with zero attached hydrogens (tertiary/aromatic N) is 2. The molecule has 1 aliphatic rings. The summed E-state index contributed by atoms with van der Waals surface area (Å²) in [6.45, 7) is 6.74. The molecule has 1 aromatic heterocycles. The third-order valence-electron chi connectivity index (χ3n) is 4.08. The second-order valence-electron chi connectivity index (χ2n) is 5.34. The van der Waals surface area contributed by atoms with Crippen LogP contribution < -0.4 is 0 Å². The van der Waals surface area contributed by atoms with Gasteiger partial charge in [-0.05, 0) is 32.9 Å². The SMILES string of the molecule is CCn1nc(C)c(/C=C2/Cc3c(F)cccc3C2=O)c1C. The van der Waals surface area contributed by atoms with Crippen LogP contribution in [0.25, 0.3) is 6.08 Å². The second kappa shape index (κ2) is 4.95. The molecule has 0 N–H and O–H groups in total. The standard InChI is InChI=1S/C17H17FN2O/c1-4-20-11(3)14(10(2)19-20)8-12-9-15-13(17(12)21)6-5-7-16(15)18/h5-8H,4,9H2,1-3H3/b12-8-. The Morgan fingerprint density at radius 3 is 2.76 bits per heavy atom. The average molecular weight is 284 g/mol. The van der Waals surface area contributed by atoms with E-state index in [2.05, 4.69) is 5.10 Å². The number of benzene rings is 1. The Labute approximate surface area is 123 Å². The summed E-state index contributed by atoms with van der Waals surface area (Å²) in [5.41, 5.74) is 4.52. The van der Waals surface area contributed by atoms with E-state index in [0.717, 1.165) is 23.5 Å². The lowest BCUT2D eigenvalue weighted by Gasteiger charge is -2.00. The molecule has 0 unspecified atom stereocenters. The molecule has 2 aromatic rings. The van der Waals surface area contributed by atoms with Crippen molar-refractivity contribution in [3.05, 3.63) is 57.7 Å². The third kappa shape index (κ3) is 2.11. The van der Waals surface area contributed by atoms with Crippen LogP contribution in [0.3, 0.4) is 0 Å². The first-order valence-electron chi connectivity index (χ1n) is 7.09. The van der Waals surface area contributed by atoms with Crippen LogP contribution in [0.15, 0.2) is 23.8 Å². The lowest BCUT2D eigenvalue weighted by atomic mass is 10.1. The summed E-state index contributed by atoms with van der Waals surface area (Å²) < 4.78 is 15.7. The first-order valence-corrected chi connectivity index (χ1v) is 7.09. The molecule has 0 amide bonds. The zero-order valence-electron chi connectivity index (χ0n) is 12.4. The van der Waals surface area contributed by atoms with E-state index in [1.807, 2.05) is 31.5 Å². The van der Waals surface area contributed by atoms with Crippen LogP contribution in [0.4, 0.5) is 4.39 Å². The van der Waals surface area contributed by atoms with Crippen molar-refractivity contribution in [3.8, 4) is 0 Å². The Morgan fingerprint density at radius 1 is 1.38 bits per heavy atom. The van der Waals surface area contributed by atoms with Gasteiger partial charge in [-0.15, -0.1) is 0 Å². The van der Waals surface area contributed by atoms with Gasteiger partial charge in [0, 0.05) is 40.9 Å². The van der Waals surface area contributed by atoms with Crippen LogP contribution in [0.2, 0.25) is 0 Å². The van der Waals surface area contributed by atoms with Crippen molar-refractivity contribution in [2.75, 3.05) is 0 Å². The largest absolute Gasteiger partial charge is 0.289 e. The number of ketones is 1. The highest BCUT2D eigenvalue weighted by Gasteiger charge is 2.27. The molecule has 21 heavy (non-hydrogen) atoms. The minimum absolute atomic E-state index is 0.0763. The molecule has 0 fully saturated rings. The van der Waals surface area contributed by atoms with Gasteiger partial charge in [0.25, 0.3) is 0 Å². The fourth-order valence-electron chi connectivity index (χ4n) is 2.91. The van der Waals surface area contributed by atoms with Gasteiger partial charge in [-0.25, -0.2) is 4.39 Å². The molecule has 0 aliphatic heterocycles. The van der Waals surface area contributed by atoms with Gasteiger partial charge in [-0.3, -0.25) is 9.48 Å². The summed E-state index contributed by atoms with van der Waals surface area (Å²) in [4.78, 5) is 12.4. The minimum Gasteiger partial charge on any atom is -0.289 e. The van der Waals surface area contributed by atoms with Crippen LogP contribution in [-0.4, -0.2) is 15.6 Å². The smallest absolute Gasteiger partial charge is 0.189 e. The maximum absolute atomic E-state index is 13.8. The van der Waals surface area contributed by atoms with Gasteiger partial charge in [0.2, 0.25) is 0 Å². The highest BCUT2D eigenvalue weighted by atomic mass is 19.1. The van der Waals surface area contributed by atoms with Gasteiger partial charge in [0.15, 0.2) is 5.78 Å². The first-order chi connectivity index (χ1) is 10.0. The van der Waals surface area contributed by atoms with Crippen LogP contribution in [-0.2, 0) is 13.0 Å². The predicted molar refractivity (Wildman–Crippen MR) is 79.8 cm³/mol. The average Bonchev–Trinajstić information content (AvgIpc) is 2.93. The highest BCUT2D eigenvalue weighted by Crippen LogP contribution is 2.30. The van der Waals surface area contributed by atoms with Crippen LogP contribution in [0.1, 0.15) is 39.8 Å². The third-order valence-corrected chi connectivity index (χ3v) is 4.08. The highest BCUT2D eigenvalue weighted by molar-refractivity contribution is 6.15. The molecule has 4 heteroatoms. The number of hydrogen-bond acceptors (Lipinski definition) is 2. The molecule has 0 spiro atoms. The van der Waals surface area contributed by atoms with E-state index in [1.54, 1.807) is 12.1 Å². The van der Waals surface area contributed by atoms with Gasteiger partial charge in [-0.2, -0.15) is 5.10 Å². The molecule has 0 radical (unpaired) electrons. The Morgan fingerprint density at radius 2 is 2.14 bits per heavy atom. The molecule has 0 atom stereocenters. The van der Waals surface area contributed by atoms with Gasteiger partial charge in [0.1, 0.15) is 5.82 Å². The van der Waals surface area contributed by atoms with Gasteiger partial charge in [-0.1, -0.05) is 12.1 Å². The Kier molecular flexibility index (Phi) is 3.24. The predicted octanol–water partition coefficient (Wildman–Crippen LogP) is 3.48. The van der Waals surface area contributed by atoms with Crippen molar-refractivity contribution in [2.24, 2.45) is 0 Å². The van der Waals surface area contributed by atoms with Gasteiger partial charge >= 0.3 is 0 Å². The zero-order chi connectivity index (χ0) is 15.1. The normalized spacial score (nSPS) is 15.8. The number of hydrogen-bond donors (Lipinski definition) is 0. The monoisotopic (exact) mass is 284 g/mol. The van der Waals surface area contributed by atoms with Crippen molar-refractivity contribution in [3.63, 3.8) is 0 Å². The lowest BCUT2D eigenvalue weighted by molar-refractivity contribution is 0.104. The van der Waals surface area contributed by atoms with E-state index in [1.165, 1.54) is 6.07 Å². The topological polar surface area (TPSA) is 34.9 Å². The molecule has 108 valence electrons. The van der Waals surface area contributed by atoms with Gasteiger partial charge < -0.3 is 0 Å². The molecule has 0 bridgehead atoms. The number of fused-ring (bicyclic) bond motifs is 1. The Bertz CT molecular complexity index is 771. The Hall–Kier alpha value is -2.23. The van der Waals surface area contributed by atoms with Gasteiger partial charge in [0.05, 0.1) is 5.69 Å². The minimum atomic E-state index is -0.304. The number of aryl methyl sites for hydroxylation is 2. The zero-order valence-corrected chi connectivity index (χ0v) is 12.4. The lowest BCUT2D eigenvalue weighted by Crippen LogP contribution is -1.99. The van der Waals surface area contributed by atoms with E-state index in [4.69, 9.17) is 0 Å². The van der Waals surface area contributed by atoms with Crippen molar-refractivity contribution in [1.82, 2.24) is 9.78 Å². The van der Waals surface area contributed by atoms with Crippen molar-refractivity contribution < 1.29 is 9.18 Å². The molecule has 0 saturated heterocycles. The number of aromatic nitrogens is 2. The van der Waals surface area contributed by atoms with Crippen LogP contribution in [0, 0.1) is 19.7 Å². The fourth-order valence-corrected chi connectivity index (χ4v) is 2.91. The summed E-state index contributed by atoms with van der Waals surface area (Å²) >= 11 is 0. The number of allylic oxidation sites excluding steroid dienone is 1. The maximum Gasteiger partial charge on any atom is 0.189 e. The second-order valence-corrected chi connectivity index (χ2v) is 5.34. The summed E-state index contributed by atoms with van der Waals surface area (Å²) in [7, 11) is 0. The molecule has 3 nitrogen and oxygen atoms in total. The molecule has 3 rings (SSSR count). The quantitative estimate of drug-likeness (QED) is 0.791. The van der Waals surface area contributed by atoms with Crippen LogP contribution in [0.5, 0.6) is 0 Å². The summed E-state index contributed by atoms with van der Waals surface area (Å²) in [5.74, 6) is -0.380.